The van der Waals surface area contributed by atoms with Crippen LogP contribution >= 0.6 is 0 Å². The van der Waals surface area contributed by atoms with Gasteiger partial charge in [-0.25, -0.2) is 4.79 Å². The van der Waals surface area contributed by atoms with Gasteiger partial charge in [-0.05, 0) is 19.8 Å². The van der Waals surface area contributed by atoms with Gasteiger partial charge in [0.2, 0.25) is 5.91 Å². The SMILES string of the molecule is CC1=C(CC(=O)N(C)CC=O)C(=O)OC2C1CCC(O)C2C. The Balaban J connectivity index is 2.19. The van der Waals surface area contributed by atoms with Crippen LogP contribution in [-0.4, -0.2) is 54.0 Å². The van der Waals surface area contributed by atoms with E-state index >= 15 is 0 Å². The van der Waals surface area contributed by atoms with Crippen molar-refractivity contribution in [3.8, 4) is 0 Å². The van der Waals surface area contributed by atoms with E-state index in [4.69, 9.17) is 4.74 Å². The smallest absolute Gasteiger partial charge is 0.334 e. The summed E-state index contributed by atoms with van der Waals surface area (Å²) in [4.78, 5) is 36.0. The predicted octanol–water partition coefficient (Wildman–Crippen LogP) is 0.683. The fourth-order valence-corrected chi connectivity index (χ4v) is 3.31. The third-order valence-electron chi connectivity index (χ3n) is 4.92. The number of amides is 1. The summed E-state index contributed by atoms with van der Waals surface area (Å²) in [6, 6.07) is 0. The molecule has 2 rings (SSSR count). The summed E-state index contributed by atoms with van der Waals surface area (Å²) in [5, 5.41) is 9.93. The lowest BCUT2D eigenvalue weighted by atomic mass is 9.72. The maximum atomic E-state index is 12.2. The quantitative estimate of drug-likeness (QED) is 0.610. The maximum Gasteiger partial charge on any atom is 0.334 e. The van der Waals surface area contributed by atoms with Gasteiger partial charge < -0.3 is 19.5 Å². The average Bonchev–Trinajstić information content (AvgIpc) is 2.47. The molecule has 122 valence electrons. The molecule has 6 heteroatoms. The van der Waals surface area contributed by atoms with Crippen LogP contribution in [0.3, 0.4) is 0 Å². The largest absolute Gasteiger partial charge is 0.458 e. The Hall–Kier alpha value is -1.69. The number of carbonyl (C=O) groups excluding carboxylic acids is 3. The third-order valence-corrected chi connectivity index (χ3v) is 4.92. The standard InChI is InChI=1S/C16H23NO5/c1-9-11-4-5-13(19)10(2)15(11)22-16(21)12(9)8-14(20)17(3)6-7-18/h7,10-11,13,15,19H,4-6,8H2,1-3H3. The molecule has 0 aromatic rings. The van der Waals surface area contributed by atoms with E-state index in [9.17, 15) is 19.5 Å². The molecular weight excluding hydrogens is 286 g/mol. The zero-order valence-corrected chi connectivity index (χ0v) is 13.2. The minimum absolute atomic E-state index is 0.00941. The van der Waals surface area contributed by atoms with Gasteiger partial charge >= 0.3 is 5.97 Å². The number of esters is 1. The molecule has 22 heavy (non-hydrogen) atoms. The molecule has 1 fully saturated rings. The molecule has 2 aliphatic rings. The predicted molar refractivity (Wildman–Crippen MR) is 78.8 cm³/mol. The highest BCUT2D eigenvalue weighted by molar-refractivity contribution is 5.97. The number of aliphatic hydroxyl groups excluding tert-OH is 1. The number of likely N-dealkylation sites (N-methyl/N-ethyl adjacent to an activating group) is 1. The number of hydrogen-bond acceptors (Lipinski definition) is 5. The Labute approximate surface area is 130 Å². The van der Waals surface area contributed by atoms with Gasteiger partial charge in [-0.15, -0.1) is 0 Å². The van der Waals surface area contributed by atoms with Crippen molar-refractivity contribution in [3.05, 3.63) is 11.1 Å². The van der Waals surface area contributed by atoms with Gasteiger partial charge in [-0.1, -0.05) is 12.5 Å². The van der Waals surface area contributed by atoms with Crippen molar-refractivity contribution in [2.75, 3.05) is 13.6 Å². The first-order chi connectivity index (χ1) is 10.4. The number of hydrogen-bond donors (Lipinski definition) is 1. The van der Waals surface area contributed by atoms with E-state index < -0.39 is 12.1 Å². The summed E-state index contributed by atoms with van der Waals surface area (Å²) in [6.07, 6.45) is 1.25. The van der Waals surface area contributed by atoms with Gasteiger partial charge in [0.25, 0.3) is 0 Å². The Kier molecular flexibility index (Phi) is 5.01. The maximum absolute atomic E-state index is 12.2. The van der Waals surface area contributed by atoms with Crippen molar-refractivity contribution in [2.45, 2.75) is 45.3 Å². The Morgan fingerprint density at radius 2 is 2.14 bits per heavy atom. The number of nitrogens with zero attached hydrogens (tertiary/aromatic N) is 1. The van der Waals surface area contributed by atoms with Crippen LogP contribution in [0.25, 0.3) is 0 Å². The van der Waals surface area contributed by atoms with E-state index in [2.05, 4.69) is 0 Å². The number of aliphatic hydroxyl groups is 1. The summed E-state index contributed by atoms with van der Waals surface area (Å²) in [5.41, 5.74) is 1.28. The Morgan fingerprint density at radius 1 is 1.45 bits per heavy atom. The molecule has 0 radical (unpaired) electrons. The van der Waals surface area contributed by atoms with E-state index in [1.807, 2.05) is 13.8 Å². The van der Waals surface area contributed by atoms with Crippen molar-refractivity contribution >= 4 is 18.2 Å². The van der Waals surface area contributed by atoms with Crippen molar-refractivity contribution in [3.63, 3.8) is 0 Å². The first kappa shape index (κ1) is 16.7. The summed E-state index contributed by atoms with van der Waals surface area (Å²) in [7, 11) is 1.53. The Morgan fingerprint density at radius 3 is 2.77 bits per heavy atom. The molecule has 4 atom stereocenters. The minimum atomic E-state index is -0.479. The number of rotatable bonds is 4. The molecule has 0 bridgehead atoms. The second kappa shape index (κ2) is 6.60. The fraction of sp³-hybridized carbons (Fsp3) is 0.688. The van der Waals surface area contributed by atoms with Crippen LogP contribution in [0.2, 0.25) is 0 Å². The fourth-order valence-electron chi connectivity index (χ4n) is 3.31. The van der Waals surface area contributed by atoms with Gasteiger partial charge in [0.15, 0.2) is 0 Å². The van der Waals surface area contributed by atoms with Crippen LogP contribution < -0.4 is 0 Å². The van der Waals surface area contributed by atoms with Crippen molar-refractivity contribution < 1.29 is 24.2 Å². The van der Waals surface area contributed by atoms with Crippen LogP contribution in [0, 0.1) is 11.8 Å². The summed E-state index contributed by atoms with van der Waals surface area (Å²) < 4.78 is 5.50. The average molecular weight is 309 g/mol. The molecule has 1 saturated carbocycles. The normalized spacial score (nSPS) is 31.4. The second-order valence-corrected chi connectivity index (χ2v) is 6.26. The van der Waals surface area contributed by atoms with Gasteiger partial charge in [0, 0.05) is 24.5 Å². The van der Waals surface area contributed by atoms with Crippen LogP contribution in [0.4, 0.5) is 0 Å². The molecule has 1 heterocycles. The number of aldehydes is 1. The van der Waals surface area contributed by atoms with Crippen molar-refractivity contribution in [1.82, 2.24) is 4.90 Å². The first-order valence-corrected chi connectivity index (χ1v) is 7.63. The molecule has 0 saturated heterocycles. The molecule has 1 aliphatic heterocycles. The molecule has 0 aromatic carbocycles. The highest BCUT2D eigenvalue weighted by atomic mass is 16.5. The molecule has 0 aromatic heterocycles. The lowest BCUT2D eigenvalue weighted by molar-refractivity contribution is -0.159. The number of carbonyl (C=O) groups is 3. The second-order valence-electron chi connectivity index (χ2n) is 6.26. The van der Waals surface area contributed by atoms with Gasteiger partial charge in [-0.3, -0.25) is 4.79 Å². The highest BCUT2D eigenvalue weighted by Crippen LogP contribution is 2.41. The minimum Gasteiger partial charge on any atom is -0.458 e. The Bertz CT molecular complexity index is 513. The van der Waals surface area contributed by atoms with Gasteiger partial charge in [0.1, 0.15) is 12.4 Å². The van der Waals surface area contributed by atoms with Crippen molar-refractivity contribution in [2.24, 2.45) is 11.8 Å². The highest BCUT2D eigenvalue weighted by Gasteiger charge is 2.44. The summed E-state index contributed by atoms with van der Waals surface area (Å²) >= 11 is 0. The van der Waals surface area contributed by atoms with Crippen LogP contribution in [0.5, 0.6) is 0 Å². The lowest BCUT2D eigenvalue weighted by Gasteiger charge is -2.42. The topological polar surface area (TPSA) is 83.9 Å². The van der Waals surface area contributed by atoms with E-state index in [0.29, 0.717) is 18.3 Å². The molecule has 6 nitrogen and oxygen atoms in total. The third kappa shape index (κ3) is 3.06. The van der Waals surface area contributed by atoms with Crippen LogP contribution in [0.15, 0.2) is 11.1 Å². The zero-order valence-electron chi connectivity index (χ0n) is 13.2. The number of ether oxygens (including phenoxy) is 1. The monoisotopic (exact) mass is 309 g/mol. The zero-order chi connectivity index (χ0) is 16.4. The molecule has 4 unspecified atom stereocenters. The van der Waals surface area contributed by atoms with Gasteiger partial charge in [-0.2, -0.15) is 0 Å². The summed E-state index contributed by atoms with van der Waals surface area (Å²) in [6.45, 7) is 3.76. The van der Waals surface area contributed by atoms with E-state index in [0.717, 1.165) is 12.0 Å². The molecular formula is C16H23NO5. The first-order valence-electron chi connectivity index (χ1n) is 7.63. The van der Waals surface area contributed by atoms with Crippen LogP contribution in [0.1, 0.15) is 33.1 Å². The molecule has 1 amide bonds. The van der Waals surface area contributed by atoms with E-state index in [1.165, 1.54) is 11.9 Å². The van der Waals surface area contributed by atoms with Crippen molar-refractivity contribution in [1.29, 1.82) is 0 Å². The number of fused-ring (bicyclic) bond motifs is 1. The molecule has 0 spiro atoms. The molecule has 1 N–H and O–H groups in total. The van der Waals surface area contributed by atoms with Crippen LogP contribution in [-0.2, 0) is 19.1 Å². The van der Waals surface area contributed by atoms with Gasteiger partial charge in [0.05, 0.1) is 19.1 Å². The molecule has 1 aliphatic carbocycles. The summed E-state index contributed by atoms with van der Waals surface area (Å²) in [5.74, 6) is -0.795. The lowest BCUT2D eigenvalue weighted by Crippen LogP contribution is -2.47. The van der Waals surface area contributed by atoms with E-state index in [1.54, 1.807) is 0 Å². The van der Waals surface area contributed by atoms with E-state index in [-0.39, 0.29) is 36.8 Å².